The number of hydrogen-bond acceptors (Lipinski definition) is 2. The third-order valence-electron chi connectivity index (χ3n) is 2.07. The molecule has 0 aromatic heterocycles. The third-order valence-corrected chi connectivity index (χ3v) is 2.07. The molecule has 3 heteroatoms. The first kappa shape index (κ1) is 8.56. The van der Waals surface area contributed by atoms with Crippen LogP contribution < -0.4 is 11.1 Å². The molecule has 1 amide bonds. The van der Waals surface area contributed by atoms with Crippen molar-refractivity contribution in [1.82, 2.24) is 0 Å². The van der Waals surface area contributed by atoms with Crippen LogP contribution in [0.5, 0.6) is 0 Å². The summed E-state index contributed by atoms with van der Waals surface area (Å²) < 4.78 is 0. The van der Waals surface area contributed by atoms with Crippen molar-refractivity contribution in [3.63, 3.8) is 0 Å². The first-order valence-corrected chi connectivity index (χ1v) is 4.31. The molecule has 1 aliphatic rings. The van der Waals surface area contributed by atoms with E-state index >= 15 is 0 Å². The fraction of sp³-hybridized carbons (Fsp3) is 0. The Balaban J connectivity index is 2.61. The number of nitrogens with two attached hydrogens (primary N) is 1. The molecule has 0 spiro atoms. The van der Waals surface area contributed by atoms with Gasteiger partial charge in [-0.15, -0.1) is 0 Å². The molecule has 0 atom stereocenters. The molecular weight excluding hydrogens is 176 g/mol. The van der Waals surface area contributed by atoms with Gasteiger partial charge in [-0.25, -0.2) is 0 Å². The molecule has 14 heavy (non-hydrogen) atoms. The lowest BCUT2D eigenvalue weighted by Gasteiger charge is -2.08. The number of fused-ring (bicyclic) bond motifs is 1. The maximum Gasteiger partial charge on any atom is 0.250 e. The van der Waals surface area contributed by atoms with Gasteiger partial charge in [0.05, 0.1) is 11.3 Å². The van der Waals surface area contributed by atoms with E-state index in [-0.39, 0.29) is 0 Å². The van der Waals surface area contributed by atoms with Gasteiger partial charge in [0.15, 0.2) is 0 Å². The van der Waals surface area contributed by atoms with Crippen LogP contribution in [0.2, 0.25) is 0 Å². The smallest absolute Gasteiger partial charge is 0.250 e. The summed E-state index contributed by atoms with van der Waals surface area (Å²) in [5.74, 6) is -0.418. The SMILES string of the molecule is NC(=O)c1cccc2c1NC=CC=C2. The van der Waals surface area contributed by atoms with Crippen molar-refractivity contribution in [3.8, 4) is 0 Å². The number of benzene rings is 1. The van der Waals surface area contributed by atoms with Gasteiger partial charge in [0, 0.05) is 6.20 Å². The van der Waals surface area contributed by atoms with Crippen molar-refractivity contribution in [3.05, 3.63) is 47.7 Å². The number of carbonyl (C=O) groups is 1. The summed E-state index contributed by atoms with van der Waals surface area (Å²) in [6.07, 6.45) is 7.47. The second-order valence-corrected chi connectivity index (χ2v) is 3.00. The molecule has 0 radical (unpaired) electrons. The number of primary amides is 1. The highest BCUT2D eigenvalue weighted by Crippen LogP contribution is 2.23. The van der Waals surface area contributed by atoms with E-state index in [4.69, 9.17) is 5.73 Å². The van der Waals surface area contributed by atoms with Crippen LogP contribution in [-0.2, 0) is 0 Å². The zero-order chi connectivity index (χ0) is 9.97. The minimum atomic E-state index is -0.418. The molecule has 0 aliphatic carbocycles. The van der Waals surface area contributed by atoms with Gasteiger partial charge in [0.1, 0.15) is 0 Å². The van der Waals surface area contributed by atoms with Crippen molar-refractivity contribution in [2.45, 2.75) is 0 Å². The molecule has 1 aromatic carbocycles. The van der Waals surface area contributed by atoms with Gasteiger partial charge in [-0.05, 0) is 17.7 Å². The average molecular weight is 186 g/mol. The van der Waals surface area contributed by atoms with E-state index in [0.29, 0.717) is 5.56 Å². The summed E-state index contributed by atoms with van der Waals surface area (Å²) in [6.45, 7) is 0. The predicted molar refractivity (Wildman–Crippen MR) is 56.8 cm³/mol. The summed E-state index contributed by atoms with van der Waals surface area (Å²) in [5.41, 5.74) is 7.51. The summed E-state index contributed by atoms with van der Waals surface area (Å²) in [7, 11) is 0. The van der Waals surface area contributed by atoms with Crippen LogP contribution in [0.1, 0.15) is 15.9 Å². The Hall–Kier alpha value is -2.03. The fourth-order valence-electron chi connectivity index (χ4n) is 1.42. The molecular formula is C11H10N2O. The zero-order valence-electron chi connectivity index (χ0n) is 7.53. The van der Waals surface area contributed by atoms with Crippen molar-refractivity contribution in [1.29, 1.82) is 0 Å². The molecule has 1 aliphatic heterocycles. The molecule has 0 saturated heterocycles. The quantitative estimate of drug-likeness (QED) is 0.701. The number of rotatable bonds is 1. The van der Waals surface area contributed by atoms with Crippen LogP contribution in [0.15, 0.2) is 36.6 Å². The fourth-order valence-corrected chi connectivity index (χ4v) is 1.42. The van der Waals surface area contributed by atoms with Crippen molar-refractivity contribution in [2.75, 3.05) is 5.32 Å². The number of allylic oxidation sites excluding steroid dienone is 2. The maximum atomic E-state index is 11.1. The predicted octanol–water partition coefficient (Wildman–Crippen LogP) is 1.74. The first-order chi connectivity index (χ1) is 6.79. The molecule has 0 saturated carbocycles. The normalized spacial score (nSPS) is 12.9. The van der Waals surface area contributed by atoms with Crippen LogP contribution in [0, 0.1) is 0 Å². The Morgan fingerprint density at radius 2 is 2.14 bits per heavy atom. The Morgan fingerprint density at radius 3 is 2.93 bits per heavy atom. The molecule has 1 aromatic rings. The highest BCUT2D eigenvalue weighted by atomic mass is 16.1. The van der Waals surface area contributed by atoms with Crippen LogP contribution >= 0.6 is 0 Å². The first-order valence-electron chi connectivity index (χ1n) is 4.31. The second-order valence-electron chi connectivity index (χ2n) is 3.00. The zero-order valence-corrected chi connectivity index (χ0v) is 7.53. The minimum Gasteiger partial charge on any atom is -0.366 e. The molecule has 0 unspecified atom stereocenters. The van der Waals surface area contributed by atoms with E-state index in [9.17, 15) is 4.79 Å². The summed E-state index contributed by atoms with van der Waals surface area (Å²) in [4.78, 5) is 11.1. The lowest BCUT2D eigenvalue weighted by molar-refractivity contribution is 0.100. The minimum absolute atomic E-state index is 0.418. The molecule has 3 nitrogen and oxygen atoms in total. The van der Waals surface area contributed by atoms with E-state index in [1.165, 1.54) is 0 Å². The number of amides is 1. The Morgan fingerprint density at radius 1 is 1.29 bits per heavy atom. The largest absolute Gasteiger partial charge is 0.366 e. The van der Waals surface area contributed by atoms with Gasteiger partial charge in [-0.3, -0.25) is 4.79 Å². The Kier molecular flexibility index (Phi) is 2.07. The van der Waals surface area contributed by atoms with E-state index in [1.807, 2.05) is 30.4 Å². The lowest BCUT2D eigenvalue weighted by atomic mass is 10.1. The van der Waals surface area contributed by atoms with Crippen molar-refractivity contribution in [2.24, 2.45) is 5.73 Å². The summed E-state index contributed by atoms with van der Waals surface area (Å²) in [6, 6.07) is 5.45. The highest BCUT2D eigenvalue weighted by molar-refractivity contribution is 6.00. The van der Waals surface area contributed by atoms with Crippen LogP contribution in [0.25, 0.3) is 6.08 Å². The molecule has 2 rings (SSSR count). The van der Waals surface area contributed by atoms with Gasteiger partial charge >= 0.3 is 0 Å². The Labute approximate surface area is 81.9 Å². The van der Waals surface area contributed by atoms with Crippen molar-refractivity contribution >= 4 is 17.7 Å². The standard InChI is InChI=1S/C11H10N2O/c12-11(14)9-6-3-5-8-4-1-2-7-13-10(8)9/h1-7,13H,(H2,12,14). The molecule has 0 fully saturated rings. The number of hydrogen-bond donors (Lipinski definition) is 2. The van der Waals surface area contributed by atoms with Gasteiger partial charge < -0.3 is 11.1 Å². The number of nitrogens with one attached hydrogen (secondary N) is 1. The van der Waals surface area contributed by atoms with Crippen molar-refractivity contribution < 1.29 is 4.79 Å². The van der Waals surface area contributed by atoms with Crippen LogP contribution in [0.3, 0.4) is 0 Å². The third kappa shape index (κ3) is 1.40. The Bertz CT molecular complexity index is 433. The summed E-state index contributed by atoms with van der Waals surface area (Å²) in [5, 5.41) is 3.03. The number of carbonyl (C=O) groups excluding carboxylic acids is 1. The molecule has 1 heterocycles. The number of para-hydroxylation sites is 1. The van der Waals surface area contributed by atoms with Gasteiger partial charge in [0.2, 0.25) is 0 Å². The topological polar surface area (TPSA) is 55.1 Å². The van der Waals surface area contributed by atoms with E-state index in [2.05, 4.69) is 5.32 Å². The van der Waals surface area contributed by atoms with E-state index in [1.54, 1.807) is 12.3 Å². The monoisotopic (exact) mass is 186 g/mol. The average Bonchev–Trinajstić information content (AvgIpc) is 2.41. The molecule has 0 bridgehead atoms. The van der Waals surface area contributed by atoms with Gasteiger partial charge in [-0.2, -0.15) is 0 Å². The van der Waals surface area contributed by atoms with E-state index in [0.717, 1.165) is 11.3 Å². The van der Waals surface area contributed by atoms with Crippen LogP contribution in [-0.4, -0.2) is 5.91 Å². The van der Waals surface area contributed by atoms with Gasteiger partial charge in [0.25, 0.3) is 5.91 Å². The number of anilines is 1. The summed E-state index contributed by atoms with van der Waals surface area (Å²) >= 11 is 0. The lowest BCUT2D eigenvalue weighted by Crippen LogP contribution is -2.13. The van der Waals surface area contributed by atoms with Gasteiger partial charge in [-0.1, -0.05) is 24.3 Å². The molecule has 70 valence electrons. The van der Waals surface area contributed by atoms with Crippen LogP contribution in [0.4, 0.5) is 5.69 Å². The highest BCUT2D eigenvalue weighted by Gasteiger charge is 2.10. The molecule has 3 N–H and O–H groups in total. The maximum absolute atomic E-state index is 11.1. The van der Waals surface area contributed by atoms with E-state index < -0.39 is 5.91 Å². The second kappa shape index (κ2) is 3.38.